The summed E-state index contributed by atoms with van der Waals surface area (Å²) >= 11 is 0. The van der Waals surface area contributed by atoms with Crippen molar-refractivity contribution < 1.29 is 13.2 Å². The lowest BCUT2D eigenvalue weighted by molar-refractivity contribution is 0.284. The second-order valence-electron chi connectivity index (χ2n) is 5.04. The number of fused-ring (bicyclic) bond motifs is 1. The molecule has 3 rings (SSSR count). The summed E-state index contributed by atoms with van der Waals surface area (Å²) in [5.74, 6) is 0.812. The number of ether oxygens (including phenoxy) is 1. The van der Waals surface area contributed by atoms with Gasteiger partial charge in [0.2, 0.25) is 10.0 Å². The minimum absolute atomic E-state index is 0. The lowest BCUT2D eigenvalue weighted by Crippen LogP contribution is -2.52. The lowest BCUT2D eigenvalue weighted by Gasteiger charge is -2.32. The third kappa shape index (κ3) is 2.65. The molecule has 1 aromatic rings. The molecule has 7 heteroatoms. The van der Waals surface area contributed by atoms with Gasteiger partial charge in [0, 0.05) is 32.1 Å². The van der Waals surface area contributed by atoms with E-state index in [1.807, 2.05) is 6.92 Å². The van der Waals surface area contributed by atoms with Gasteiger partial charge in [0.15, 0.2) is 0 Å². The van der Waals surface area contributed by atoms with Crippen molar-refractivity contribution in [1.29, 1.82) is 0 Å². The number of piperazine rings is 1. The van der Waals surface area contributed by atoms with Crippen LogP contribution in [0.25, 0.3) is 0 Å². The highest BCUT2D eigenvalue weighted by atomic mass is 35.5. The van der Waals surface area contributed by atoms with Gasteiger partial charge in [0.1, 0.15) is 5.75 Å². The highest BCUT2D eigenvalue weighted by Crippen LogP contribution is 2.29. The van der Waals surface area contributed by atoms with Gasteiger partial charge in [0.05, 0.1) is 11.5 Å². The molecule has 0 aromatic heterocycles. The maximum atomic E-state index is 12.7. The van der Waals surface area contributed by atoms with Crippen molar-refractivity contribution in [3.8, 4) is 5.75 Å². The Morgan fingerprint density at radius 2 is 2.20 bits per heavy atom. The Balaban J connectivity index is 0.00000147. The molecule has 2 aliphatic rings. The molecule has 0 bridgehead atoms. The molecule has 2 aliphatic heterocycles. The fraction of sp³-hybridized carbons (Fsp3) is 0.538. The van der Waals surface area contributed by atoms with E-state index in [0.717, 1.165) is 17.7 Å². The second kappa shape index (κ2) is 5.89. The lowest BCUT2D eigenvalue weighted by atomic mass is 10.2. The Hall–Kier alpha value is -0.820. The zero-order chi connectivity index (χ0) is 13.5. The van der Waals surface area contributed by atoms with Crippen molar-refractivity contribution in [1.82, 2.24) is 9.62 Å². The van der Waals surface area contributed by atoms with Crippen molar-refractivity contribution in [3.63, 3.8) is 0 Å². The van der Waals surface area contributed by atoms with Crippen LogP contribution in [0.1, 0.15) is 12.5 Å². The summed E-state index contributed by atoms with van der Waals surface area (Å²) in [7, 11) is -3.40. The van der Waals surface area contributed by atoms with Crippen LogP contribution < -0.4 is 10.1 Å². The Kier molecular flexibility index (Phi) is 4.59. The molecule has 1 aromatic carbocycles. The normalized spacial score (nSPS) is 22.8. The summed E-state index contributed by atoms with van der Waals surface area (Å²) in [6.45, 7) is 4.51. The average molecular weight is 319 g/mol. The SMILES string of the molecule is CC1CNCCN1S(=O)(=O)c1ccc2c(c1)CCO2.Cl. The highest BCUT2D eigenvalue weighted by Gasteiger charge is 2.31. The van der Waals surface area contributed by atoms with Gasteiger partial charge in [-0.15, -0.1) is 12.4 Å². The van der Waals surface area contributed by atoms with E-state index >= 15 is 0 Å². The number of nitrogens with one attached hydrogen (secondary N) is 1. The van der Waals surface area contributed by atoms with E-state index < -0.39 is 10.0 Å². The fourth-order valence-electron chi connectivity index (χ4n) is 2.64. The first-order valence-electron chi connectivity index (χ1n) is 6.57. The molecular weight excluding hydrogens is 300 g/mol. The molecule has 20 heavy (non-hydrogen) atoms. The molecule has 1 atom stereocenters. The molecule has 1 saturated heterocycles. The zero-order valence-electron chi connectivity index (χ0n) is 11.3. The smallest absolute Gasteiger partial charge is 0.243 e. The van der Waals surface area contributed by atoms with Gasteiger partial charge in [0.25, 0.3) is 0 Å². The Bertz CT molecular complexity index is 591. The summed E-state index contributed by atoms with van der Waals surface area (Å²) in [6.07, 6.45) is 0.788. The summed E-state index contributed by atoms with van der Waals surface area (Å²) in [6, 6.07) is 5.16. The van der Waals surface area contributed by atoms with Crippen LogP contribution in [0.15, 0.2) is 23.1 Å². The first-order chi connectivity index (χ1) is 9.09. The zero-order valence-corrected chi connectivity index (χ0v) is 13.0. The van der Waals surface area contributed by atoms with Crippen LogP contribution >= 0.6 is 12.4 Å². The number of hydrogen-bond donors (Lipinski definition) is 1. The maximum Gasteiger partial charge on any atom is 0.243 e. The van der Waals surface area contributed by atoms with E-state index in [-0.39, 0.29) is 18.4 Å². The van der Waals surface area contributed by atoms with Crippen LogP contribution in [0.5, 0.6) is 5.75 Å². The molecule has 2 heterocycles. The molecule has 1 N–H and O–H groups in total. The van der Waals surface area contributed by atoms with Crippen LogP contribution in [0.4, 0.5) is 0 Å². The van der Waals surface area contributed by atoms with Gasteiger partial charge in [-0.2, -0.15) is 4.31 Å². The minimum Gasteiger partial charge on any atom is -0.493 e. The van der Waals surface area contributed by atoms with Gasteiger partial charge in [-0.3, -0.25) is 0 Å². The van der Waals surface area contributed by atoms with Crippen LogP contribution in [0, 0.1) is 0 Å². The van der Waals surface area contributed by atoms with Crippen LogP contribution in [-0.4, -0.2) is 45.0 Å². The molecule has 1 fully saturated rings. The van der Waals surface area contributed by atoms with E-state index in [2.05, 4.69) is 5.32 Å². The maximum absolute atomic E-state index is 12.7. The van der Waals surface area contributed by atoms with Gasteiger partial charge in [-0.05, 0) is 30.7 Å². The van der Waals surface area contributed by atoms with E-state index in [9.17, 15) is 8.42 Å². The number of rotatable bonds is 2. The van der Waals surface area contributed by atoms with Crippen molar-refractivity contribution >= 4 is 22.4 Å². The van der Waals surface area contributed by atoms with E-state index in [1.54, 1.807) is 22.5 Å². The molecule has 0 radical (unpaired) electrons. The summed E-state index contributed by atoms with van der Waals surface area (Å²) < 4.78 is 32.3. The number of hydrogen-bond acceptors (Lipinski definition) is 4. The number of nitrogens with zero attached hydrogens (tertiary/aromatic N) is 1. The molecule has 0 spiro atoms. The molecule has 5 nitrogen and oxygen atoms in total. The van der Waals surface area contributed by atoms with Gasteiger partial charge < -0.3 is 10.1 Å². The Labute approximate surface area is 125 Å². The minimum atomic E-state index is -3.40. The number of halogens is 1. The van der Waals surface area contributed by atoms with Crippen LogP contribution in [-0.2, 0) is 16.4 Å². The van der Waals surface area contributed by atoms with Gasteiger partial charge in [-0.1, -0.05) is 0 Å². The van der Waals surface area contributed by atoms with E-state index in [0.29, 0.717) is 31.1 Å². The van der Waals surface area contributed by atoms with Crippen molar-refractivity contribution in [2.75, 3.05) is 26.2 Å². The second-order valence-corrected chi connectivity index (χ2v) is 6.93. The predicted molar refractivity (Wildman–Crippen MR) is 79.1 cm³/mol. The largest absolute Gasteiger partial charge is 0.493 e. The first-order valence-corrected chi connectivity index (χ1v) is 8.01. The monoisotopic (exact) mass is 318 g/mol. The van der Waals surface area contributed by atoms with Gasteiger partial charge >= 0.3 is 0 Å². The Morgan fingerprint density at radius 1 is 1.40 bits per heavy atom. The molecule has 0 saturated carbocycles. The van der Waals surface area contributed by atoms with Crippen LogP contribution in [0.2, 0.25) is 0 Å². The van der Waals surface area contributed by atoms with Crippen molar-refractivity contribution in [3.05, 3.63) is 23.8 Å². The first kappa shape index (κ1) is 15.6. The van der Waals surface area contributed by atoms with E-state index in [4.69, 9.17) is 4.74 Å². The Morgan fingerprint density at radius 3 is 2.95 bits per heavy atom. The van der Waals surface area contributed by atoms with Crippen molar-refractivity contribution in [2.24, 2.45) is 0 Å². The van der Waals surface area contributed by atoms with Crippen LogP contribution in [0.3, 0.4) is 0 Å². The molecule has 1 unspecified atom stereocenters. The third-order valence-electron chi connectivity index (χ3n) is 3.71. The highest BCUT2D eigenvalue weighted by molar-refractivity contribution is 7.89. The third-order valence-corrected chi connectivity index (χ3v) is 5.72. The van der Waals surface area contributed by atoms with Crippen molar-refractivity contribution in [2.45, 2.75) is 24.3 Å². The quantitative estimate of drug-likeness (QED) is 0.884. The summed E-state index contributed by atoms with van der Waals surface area (Å²) in [5, 5.41) is 3.20. The topological polar surface area (TPSA) is 58.6 Å². The number of sulfonamides is 1. The molecule has 112 valence electrons. The number of benzene rings is 1. The summed E-state index contributed by atoms with van der Waals surface area (Å²) in [4.78, 5) is 0.380. The average Bonchev–Trinajstić information content (AvgIpc) is 2.86. The molecule has 0 aliphatic carbocycles. The molecular formula is C13H19ClN2O3S. The molecule has 0 amide bonds. The van der Waals surface area contributed by atoms with E-state index in [1.165, 1.54) is 0 Å². The fourth-order valence-corrected chi connectivity index (χ4v) is 4.32. The predicted octanol–water partition coefficient (Wildman–Crippen LogP) is 1.03. The standard InChI is InChI=1S/C13H18N2O3S.ClH/c1-10-9-14-5-6-15(10)19(16,17)12-2-3-13-11(8-12)4-7-18-13;/h2-3,8,10,14H,4-7,9H2,1H3;1H. The summed E-state index contributed by atoms with van der Waals surface area (Å²) in [5.41, 5.74) is 0.990. The van der Waals surface area contributed by atoms with Gasteiger partial charge in [-0.25, -0.2) is 8.42 Å².